The molecule has 0 aromatic heterocycles. The SMILES string of the molecule is CB(OC(C)(C)C(C)(C)C)c1cccc(N)c1C=N. The Labute approximate surface area is 117 Å². The van der Waals surface area contributed by atoms with Crippen LogP contribution in [0.2, 0.25) is 6.82 Å². The fourth-order valence-corrected chi connectivity index (χ4v) is 1.81. The zero-order chi connectivity index (χ0) is 14.8. The quantitative estimate of drug-likeness (QED) is 0.496. The molecule has 0 saturated heterocycles. The number of nitrogens with two attached hydrogens (primary N) is 1. The molecule has 1 aromatic carbocycles. The van der Waals surface area contributed by atoms with Crippen LogP contribution in [0.4, 0.5) is 5.69 Å². The second-order valence-electron chi connectivity index (χ2n) is 6.51. The van der Waals surface area contributed by atoms with Crippen LogP contribution in [0.5, 0.6) is 0 Å². The second kappa shape index (κ2) is 5.37. The summed E-state index contributed by atoms with van der Waals surface area (Å²) in [5, 5.41) is 7.51. The van der Waals surface area contributed by atoms with E-state index in [9.17, 15) is 0 Å². The average Bonchev–Trinajstić information content (AvgIpc) is 2.26. The molecule has 0 fully saturated rings. The zero-order valence-electron chi connectivity index (χ0n) is 12.9. The Bertz CT molecular complexity index is 464. The molecule has 0 spiro atoms. The smallest absolute Gasteiger partial charge is 0.324 e. The number of hydrogen-bond acceptors (Lipinski definition) is 3. The molecule has 1 aromatic rings. The van der Waals surface area contributed by atoms with E-state index >= 15 is 0 Å². The number of nitrogens with one attached hydrogen (secondary N) is 1. The van der Waals surface area contributed by atoms with E-state index in [-0.39, 0.29) is 17.9 Å². The van der Waals surface area contributed by atoms with Crippen LogP contribution in [0, 0.1) is 10.8 Å². The highest BCUT2D eigenvalue weighted by atomic mass is 16.5. The highest BCUT2D eigenvalue weighted by molar-refractivity contribution is 6.67. The van der Waals surface area contributed by atoms with Crippen LogP contribution >= 0.6 is 0 Å². The van der Waals surface area contributed by atoms with Gasteiger partial charge in [0, 0.05) is 17.5 Å². The van der Waals surface area contributed by atoms with Crippen LogP contribution in [-0.4, -0.2) is 18.7 Å². The Hall–Kier alpha value is -1.29. The lowest BCUT2D eigenvalue weighted by atomic mass is 9.60. The van der Waals surface area contributed by atoms with Gasteiger partial charge in [0.25, 0.3) is 0 Å². The molecule has 0 amide bonds. The molecule has 4 heteroatoms. The summed E-state index contributed by atoms with van der Waals surface area (Å²) < 4.78 is 6.23. The summed E-state index contributed by atoms with van der Waals surface area (Å²) in [4.78, 5) is 0. The molecule has 0 unspecified atom stereocenters. The van der Waals surface area contributed by atoms with E-state index in [1.807, 2.05) is 25.0 Å². The van der Waals surface area contributed by atoms with Crippen molar-refractivity contribution in [1.82, 2.24) is 0 Å². The van der Waals surface area contributed by atoms with E-state index in [0.29, 0.717) is 5.69 Å². The summed E-state index contributed by atoms with van der Waals surface area (Å²) in [6.07, 6.45) is 1.30. The zero-order valence-corrected chi connectivity index (χ0v) is 12.9. The number of rotatable bonds is 4. The highest BCUT2D eigenvalue weighted by Gasteiger charge is 2.36. The maximum Gasteiger partial charge on any atom is 0.324 e. The summed E-state index contributed by atoms with van der Waals surface area (Å²) in [5.41, 5.74) is 8.02. The normalized spacial score (nSPS) is 12.3. The first-order valence-electron chi connectivity index (χ1n) is 6.67. The van der Waals surface area contributed by atoms with Crippen molar-refractivity contribution in [1.29, 1.82) is 5.41 Å². The first-order chi connectivity index (χ1) is 8.60. The van der Waals surface area contributed by atoms with Crippen LogP contribution < -0.4 is 11.2 Å². The van der Waals surface area contributed by atoms with Crippen molar-refractivity contribution in [3.63, 3.8) is 0 Å². The van der Waals surface area contributed by atoms with Gasteiger partial charge in [-0.3, -0.25) is 0 Å². The predicted octanol–water partition coefficient (Wildman–Crippen LogP) is 2.94. The minimum Gasteiger partial charge on any atom is -0.426 e. The second-order valence-corrected chi connectivity index (χ2v) is 6.51. The van der Waals surface area contributed by atoms with Crippen LogP contribution in [0.1, 0.15) is 40.2 Å². The first kappa shape index (κ1) is 15.8. The van der Waals surface area contributed by atoms with Gasteiger partial charge in [-0.2, -0.15) is 0 Å². The summed E-state index contributed by atoms with van der Waals surface area (Å²) >= 11 is 0. The third kappa shape index (κ3) is 3.38. The minimum absolute atomic E-state index is 0.0342. The summed E-state index contributed by atoms with van der Waals surface area (Å²) in [6, 6.07) is 5.69. The maximum absolute atomic E-state index is 7.51. The Morgan fingerprint density at radius 3 is 2.26 bits per heavy atom. The van der Waals surface area contributed by atoms with Crippen molar-refractivity contribution in [2.75, 3.05) is 5.73 Å². The van der Waals surface area contributed by atoms with Crippen molar-refractivity contribution >= 4 is 24.3 Å². The van der Waals surface area contributed by atoms with Crippen LogP contribution in [0.15, 0.2) is 18.2 Å². The lowest BCUT2D eigenvalue weighted by Gasteiger charge is -2.41. The number of hydrogen-bond donors (Lipinski definition) is 2. The third-order valence-corrected chi connectivity index (χ3v) is 4.03. The monoisotopic (exact) mass is 260 g/mol. The van der Waals surface area contributed by atoms with Gasteiger partial charge in [-0.05, 0) is 30.8 Å². The van der Waals surface area contributed by atoms with Crippen molar-refractivity contribution in [2.24, 2.45) is 5.41 Å². The molecule has 104 valence electrons. The van der Waals surface area contributed by atoms with Gasteiger partial charge in [0.2, 0.25) is 0 Å². The number of nitrogen functional groups attached to an aromatic ring is 1. The lowest BCUT2D eigenvalue weighted by Crippen LogP contribution is -2.47. The molecule has 0 aliphatic rings. The van der Waals surface area contributed by atoms with E-state index < -0.39 is 0 Å². The van der Waals surface area contributed by atoms with Crippen LogP contribution in [-0.2, 0) is 4.65 Å². The van der Waals surface area contributed by atoms with Gasteiger partial charge >= 0.3 is 6.92 Å². The van der Waals surface area contributed by atoms with Crippen LogP contribution in [0.25, 0.3) is 0 Å². The highest BCUT2D eigenvalue weighted by Crippen LogP contribution is 2.33. The van der Waals surface area contributed by atoms with E-state index in [4.69, 9.17) is 15.8 Å². The maximum atomic E-state index is 7.51. The van der Waals surface area contributed by atoms with Gasteiger partial charge in [0.05, 0.1) is 5.60 Å². The molecule has 0 radical (unpaired) electrons. The Morgan fingerprint density at radius 2 is 1.79 bits per heavy atom. The average molecular weight is 260 g/mol. The molecule has 0 heterocycles. The molecule has 0 aliphatic carbocycles. The van der Waals surface area contributed by atoms with Crippen molar-refractivity contribution in [3.8, 4) is 0 Å². The molecular formula is C15H25BN2O. The van der Waals surface area contributed by atoms with Gasteiger partial charge in [0.1, 0.15) is 0 Å². The molecule has 3 N–H and O–H groups in total. The molecule has 1 rings (SSSR count). The van der Waals surface area contributed by atoms with Crippen LogP contribution in [0.3, 0.4) is 0 Å². The van der Waals surface area contributed by atoms with E-state index in [1.165, 1.54) is 6.21 Å². The molecule has 0 aliphatic heterocycles. The fraction of sp³-hybridized carbons (Fsp3) is 0.533. The minimum atomic E-state index is -0.268. The van der Waals surface area contributed by atoms with Gasteiger partial charge in [-0.15, -0.1) is 0 Å². The molecule has 0 bridgehead atoms. The number of anilines is 1. The lowest BCUT2D eigenvalue weighted by molar-refractivity contribution is 0.000448. The first-order valence-corrected chi connectivity index (χ1v) is 6.67. The molecular weight excluding hydrogens is 235 g/mol. The van der Waals surface area contributed by atoms with Crippen molar-refractivity contribution in [2.45, 2.75) is 47.0 Å². The topological polar surface area (TPSA) is 59.1 Å². The van der Waals surface area contributed by atoms with E-state index in [2.05, 4.69) is 34.6 Å². The predicted molar refractivity (Wildman–Crippen MR) is 84.6 cm³/mol. The standard InChI is InChI=1S/C15H25BN2O/c1-14(2,3)15(4,5)19-16(6)12-8-7-9-13(18)11(12)10-17/h7-10,17H,18H2,1-6H3. The van der Waals surface area contributed by atoms with Gasteiger partial charge < -0.3 is 15.8 Å². The Balaban J connectivity index is 3.06. The molecule has 3 nitrogen and oxygen atoms in total. The third-order valence-electron chi connectivity index (χ3n) is 4.03. The van der Waals surface area contributed by atoms with Gasteiger partial charge in [-0.1, -0.05) is 39.7 Å². The Kier molecular flexibility index (Phi) is 4.46. The Morgan fingerprint density at radius 1 is 1.21 bits per heavy atom. The summed E-state index contributed by atoms with van der Waals surface area (Å²) in [7, 11) is 0. The van der Waals surface area contributed by atoms with Gasteiger partial charge in [0.15, 0.2) is 0 Å². The molecule has 19 heavy (non-hydrogen) atoms. The molecule has 0 saturated carbocycles. The van der Waals surface area contributed by atoms with Crippen molar-refractivity contribution < 1.29 is 4.65 Å². The number of benzene rings is 1. The fourth-order valence-electron chi connectivity index (χ4n) is 1.81. The summed E-state index contributed by atoms with van der Waals surface area (Å²) in [6.45, 7) is 12.6. The summed E-state index contributed by atoms with van der Waals surface area (Å²) in [5.74, 6) is 0. The van der Waals surface area contributed by atoms with Crippen molar-refractivity contribution in [3.05, 3.63) is 23.8 Å². The van der Waals surface area contributed by atoms with E-state index in [0.717, 1.165) is 11.0 Å². The van der Waals surface area contributed by atoms with Gasteiger partial charge in [-0.25, -0.2) is 0 Å². The van der Waals surface area contributed by atoms with E-state index in [1.54, 1.807) is 0 Å². The molecule has 0 atom stereocenters. The largest absolute Gasteiger partial charge is 0.426 e.